The van der Waals surface area contributed by atoms with E-state index in [1.165, 1.54) is 4.90 Å². The van der Waals surface area contributed by atoms with Crippen molar-refractivity contribution in [2.24, 2.45) is 35.5 Å². The predicted octanol–water partition coefficient (Wildman–Crippen LogP) is 7.05. The summed E-state index contributed by atoms with van der Waals surface area (Å²) in [6.07, 6.45) is -3.16. The monoisotopic (exact) mass is 719 g/mol. The van der Waals surface area contributed by atoms with Gasteiger partial charge in [0.25, 0.3) is 0 Å². The van der Waals surface area contributed by atoms with E-state index in [0.29, 0.717) is 51.4 Å². The largest absolute Gasteiger partial charge is 0.456 e. The Bertz CT molecular complexity index is 1410. The van der Waals surface area contributed by atoms with Crippen molar-refractivity contribution in [2.75, 3.05) is 19.6 Å². The Morgan fingerprint density at radius 2 is 1.10 bits per heavy atom. The molecule has 10 rings (SSSR count). The standard InChI is InChI=1S/C35H43F6NO8/c1-6-15-42(16-20-24-9-7-18(2)22-11-13-30(4)45-28(32(22,24)49-47-30)43-26(20)34(36,37)38)17-21-25-10-8-19(3)23-12-14-31(5)46-29(33(23,25)50-48-31)44-27(21)35(39,40)41/h1,18-19,22-25,28-29H,7-17H2,2-5H3/t18-,19-,22+,23+,24+,25+,28-,29-,30?,31?,32-,33-/m1/s1. The van der Waals surface area contributed by atoms with Crippen molar-refractivity contribution in [1.29, 1.82) is 0 Å². The number of hydrogen-bond donors (Lipinski definition) is 0. The van der Waals surface area contributed by atoms with E-state index in [4.69, 9.17) is 44.9 Å². The molecule has 9 nitrogen and oxygen atoms in total. The molecule has 0 N–H and O–H groups in total. The predicted molar refractivity (Wildman–Crippen MR) is 159 cm³/mol. The number of halogens is 6. The Kier molecular flexibility index (Phi) is 8.03. The molecule has 2 saturated carbocycles. The van der Waals surface area contributed by atoms with Crippen LogP contribution in [0.1, 0.15) is 79.1 Å². The molecule has 0 aromatic heterocycles. The number of nitrogens with zero attached hydrogens (tertiary/aromatic N) is 1. The lowest BCUT2D eigenvalue weighted by atomic mass is 9.59. The van der Waals surface area contributed by atoms with Crippen LogP contribution in [0.4, 0.5) is 26.3 Å². The van der Waals surface area contributed by atoms with Gasteiger partial charge in [0.05, 0.1) is 6.54 Å². The van der Waals surface area contributed by atoms with E-state index in [0.717, 1.165) is 0 Å². The summed E-state index contributed by atoms with van der Waals surface area (Å²) in [5.74, 6) is -4.71. The van der Waals surface area contributed by atoms with Gasteiger partial charge in [0.1, 0.15) is 0 Å². The Balaban J connectivity index is 1.21. The fourth-order valence-corrected chi connectivity index (χ4v) is 10.6. The van der Waals surface area contributed by atoms with E-state index in [-0.39, 0.29) is 41.4 Å². The molecule has 6 saturated heterocycles. The molecule has 0 aromatic rings. The first kappa shape index (κ1) is 35.0. The molecule has 0 amide bonds. The van der Waals surface area contributed by atoms with Gasteiger partial charge in [-0.2, -0.15) is 26.3 Å². The summed E-state index contributed by atoms with van der Waals surface area (Å²) in [4.78, 5) is 25.1. The number of hydrogen-bond acceptors (Lipinski definition) is 9. The molecule has 0 radical (unpaired) electrons. The lowest BCUT2D eigenvalue weighted by Gasteiger charge is -2.58. The van der Waals surface area contributed by atoms with Crippen LogP contribution in [-0.4, -0.2) is 72.2 Å². The smallest absolute Gasteiger partial charge is 0.449 e. The van der Waals surface area contributed by atoms with Gasteiger partial charge in [-0.3, -0.25) is 4.90 Å². The second kappa shape index (κ2) is 11.5. The minimum absolute atomic E-state index is 0.0644. The molecule has 4 bridgehead atoms. The van der Waals surface area contributed by atoms with E-state index < -0.39 is 84.2 Å². The first-order chi connectivity index (χ1) is 23.4. The van der Waals surface area contributed by atoms with Crippen molar-refractivity contribution in [1.82, 2.24) is 4.90 Å². The third kappa shape index (κ3) is 5.10. The van der Waals surface area contributed by atoms with Crippen LogP contribution in [0.25, 0.3) is 0 Å². The Hall–Kier alpha value is -2.06. The van der Waals surface area contributed by atoms with Crippen LogP contribution in [-0.2, 0) is 38.5 Å². The number of rotatable bonds is 5. The van der Waals surface area contributed by atoms with Gasteiger partial charge in [-0.1, -0.05) is 19.8 Å². The number of allylic oxidation sites excluding steroid dienone is 2. The molecule has 0 aromatic carbocycles. The highest BCUT2D eigenvalue weighted by molar-refractivity contribution is 5.32. The van der Waals surface area contributed by atoms with Crippen LogP contribution in [0.2, 0.25) is 0 Å². The molecule has 2 spiro atoms. The van der Waals surface area contributed by atoms with Crippen LogP contribution in [0, 0.1) is 47.9 Å². The molecule has 8 heterocycles. The zero-order valence-corrected chi connectivity index (χ0v) is 28.5. The summed E-state index contributed by atoms with van der Waals surface area (Å²) in [6.45, 7) is 6.14. The summed E-state index contributed by atoms with van der Waals surface area (Å²) in [5, 5.41) is 0. The summed E-state index contributed by atoms with van der Waals surface area (Å²) in [7, 11) is 0. The minimum Gasteiger partial charge on any atom is -0.456 e. The third-order valence-corrected chi connectivity index (χ3v) is 12.9. The molecule has 50 heavy (non-hydrogen) atoms. The van der Waals surface area contributed by atoms with Crippen LogP contribution in [0.3, 0.4) is 0 Å². The second-order valence-electron chi connectivity index (χ2n) is 16.0. The maximum Gasteiger partial charge on any atom is 0.449 e. The molecule has 12 atom stereocenters. The SMILES string of the molecule is C#CCN(CC1=C(C(F)(F)F)O[C@@H]2OC3(C)CC[C@H]4[C@H](C)CC[C@@H]1[C@@]24OO3)CC1=C(C(F)(F)F)O[C@@H]2OC3(C)CC[C@H]4[C@H](C)CC[C@@H]1[C@@]24OO3. The number of terminal acetylenes is 1. The maximum absolute atomic E-state index is 15.0. The normalized spacial score (nSPS) is 46.8. The van der Waals surface area contributed by atoms with Gasteiger partial charge in [-0.05, 0) is 75.4 Å². The van der Waals surface area contributed by atoms with Crippen LogP contribution in [0.15, 0.2) is 22.7 Å². The summed E-state index contributed by atoms with van der Waals surface area (Å²) < 4.78 is 114. The highest BCUT2D eigenvalue weighted by Gasteiger charge is 2.72. The first-order valence-electron chi connectivity index (χ1n) is 17.6. The van der Waals surface area contributed by atoms with Gasteiger partial charge in [0, 0.05) is 49.6 Å². The highest BCUT2D eigenvalue weighted by Crippen LogP contribution is 2.63. The van der Waals surface area contributed by atoms with Crippen molar-refractivity contribution in [2.45, 2.75) is 127 Å². The van der Waals surface area contributed by atoms with Crippen molar-refractivity contribution in [3.63, 3.8) is 0 Å². The highest BCUT2D eigenvalue weighted by atomic mass is 19.4. The zero-order valence-electron chi connectivity index (χ0n) is 28.5. The Labute approximate surface area is 286 Å². The summed E-state index contributed by atoms with van der Waals surface area (Å²) >= 11 is 0. The molecular formula is C35H43F6NO8. The lowest BCUT2D eigenvalue weighted by Crippen LogP contribution is -2.68. The van der Waals surface area contributed by atoms with Crippen LogP contribution < -0.4 is 0 Å². The number of fused-ring (bicyclic) bond motifs is 4. The van der Waals surface area contributed by atoms with E-state index in [1.54, 1.807) is 13.8 Å². The zero-order chi connectivity index (χ0) is 35.6. The lowest BCUT2D eigenvalue weighted by molar-refractivity contribution is -0.558. The summed E-state index contributed by atoms with van der Waals surface area (Å²) in [6, 6.07) is 0. The molecular weight excluding hydrogens is 676 g/mol. The molecule has 2 aliphatic carbocycles. The second-order valence-corrected chi connectivity index (χ2v) is 16.0. The van der Waals surface area contributed by atoms with E-state index in [9.17, 15) is 26.3 Å². The number of ether oxygens (including phenoxy) is 4. The van der Waals surface area contributed by atoms with Crippen molar-refractivity contribution < 1.29 is 64.8 Å². The van der Waals surface area contributed by atoms with Crippen molar-refractivity contribution in [3.8, 4) is 12.3 Å². The van der Waals surface area contributed by atoms with Crippen LogP contribution in [0.5, 0.6) is 0 Å². The minimum atomic E-state index is -4.94. The average molecular weight is 720 g/mol. The fraction of sp³-hybridized carbons (Fsp3) is 0.829. The molecule has 2 unspecified atom stereocenters. The molecule has 15 heteroatoms. The van der Waals surface area contributed by atoms with Gasteiger partial charge >= 0.3 is 12.4 Å². The maximum atomic E-state index is 15.0. The van der Waals surface area contributed by atoms with Gasteiger partial charge < -0.3 is 18.9 Å². The fourth-order valence-electron chi connectivity index (χ4n) is 10.6. The number of alkyl halides is 6. The van der Waals surface area contributed by atoms with Gasteiger partial charge in [0.2, 0.25) is 35.7 Å². The Morgan fingerprint density at radius 3 is 1.48 bits per heavy atom. The van der Waals surface area contributed by atoms with E-state index in [1.807, 2.05) is 13.8 Å². The first-order valence-corrected chi connectivity index (χ1v) is 17.6. The topological polar surface area (TPSA) is 77.1 Å². The summed E-state index contributed by atoms with van der Waals surface area (Å²) in [5.41, 5.74) is -3.08. The molecule has 8 fully saturated rings. The van der Waals surface area contributed by atoms with Crippen LogP contribution >= 0.6 is 0 Å². The quantitative estimate of drug-likeness (QED) is 0.169. The van der Waals surface area contributed by atoms with E-state index >= 15 is 0 Å². The van der Waals surface area contributed by atoms with Gasteiger partial charge in [-0.15, -0.1) is 6.42 Å². The van der Waals surface area contributed by atoms with Crippen molar-refractivity contribution in [3.05, 3.63) is 22.7 Å². The molecule has 278 valence electrons. The third-order valence-electron chi connectivity index (χ3n) is 12.9. The van der Waals surface area contributed by atoms with Gasteiger partial charge in [0.15, 0.2) is 11.2 Å². The van der Waals surface area contributed by atoms with E-state index in [2.05, 4.69) is 5.92 Å². The molecule has 10 aliphatic rings. The molecule has 8 aliphatic heterocycles. The van der Waals surface area contributed by atoms with Gasteiger partial charge in [-0.25, -0.2) is 19.6 Å². The van der Waals surface area contributed by atoms with Crippen molar-refractivity contribution >= 4 is 0 Å². The average Bonchev–Trinajstić information content (AvgIpc) is 3.40. The Morgan fingerprint density at radius 1 is 0.680 bits per heavy atom.